The molecule has 0 atom stereocenters. The van der Waals surface area contributed by atoms with Gasteiger partial charge in [-0.15, -0.1) is 0 Å². The highest BCUT2D eigenvalue weighted by molar-refractivity contribution is 5.77. The van der Waals surface area contributed by atoms with E-state index in [2.05, 4.69) is 10.1 Å². The van der Waals surface area contributed by atoms with Gasteiger partial charge in [-0.3, -0.25) is 14.2 Å². The van der Waals surface area contributed by atoms with Crippen LogP contribution >= 0.6 is 0 Å². The molecular weight excluding hydrogens is 282 g/mol. The third-order valence-electron chi connectivity index (χ3n) is 3.46. The van der Waals surface area contributed by atoms with Gasteiger partial charge in [0.05, 0.1) is 11.9 Å². The number of carbonyl (C=O) groups excluding carboxylic acids is 1. The number of benzene rings is 1. The molecule has 2 N–H and O–H groups in total. The highest BCUT2D eigenvalue weighted by Gasteiger charge is 2.13. The molecule has 2 aromatic heterocycles. The minimum atomic E-state index is -0.593. The number of fused-ring (bicyclic) bond motifs is 1. The first-order chi connectivity index (χ1) is 10.5. The van der Waals surface area contributed by atoms with Crippen molar-refractivity contribution >= 4 is 16.9 Å². The molecule has 0 spiro atoms. The number of aromatic nitrogens is 4. The fourth-order valence-electron chi connectivity index (χ4n) is 2.45. The molecule has 0 aliphatic rings. The summed E-state index contributed by atoms with van der Waals surface area (Å²) in [7, 11) is 0. The van der Waals surface area contributed by atoms with Crippen LogP contribution in [0.2, 0.25) is 0 Å². The van der Waals surface area contributed by atoms with Crippen LogP contribution in [0.1, 0.15) is 11.1 Å². The first-order valence-corrected chi connectivity index (χ1v) is 6.76. The average molecular weight is 297 g/mol. The van der Waals surface area contributed by atoms with E-state index in [1.54, 1.807) is 4.68 Å². The van der Waals surface area contributed by atoms with Crippen molar-refractivity contribution in [2.45, 2.75) is 20.4 Å². The van der Waals surface area contributed by atoms with Crippen LogP contribution in [-0.2, 0) is 11.3 Å². The molecule has 0 unspecified atom stereocenters. The molecule has 112 valence electrons. The molecule has 1 amide bonds. The van der Waals surface area contributed by atoms with Gasteiger partial charge in [0.15, 0.2) is 5.65 Å². The maximum Gasteiger partial charge on any atom is 0.264 e. The lowest BCUT2D eigenvalue weighted by atomic mass is 10.1. The van der Waals surface area contributed by atoms with E-state index in [-0.39, 0.29) is 12.1 Å². The molecule has 1 aromatic carbocycles. The van der Waals surface area contributed by atoms with Gasteiger partial charge in [0, 0.05) is 0 Å². The van der Waals surface area contributed by atoms with Crippen LogP contribution in [0.25, 0.3) is 16.7 Å². The first kappa shape index (κ1) is 14.0. The van der Waals surface area contributed by atoms with Crippen LogP contribution in [0.3, 0.4) is 0 Å². The number of hydrogen-bond acceptors (Lipinski definition) is 4. The second-order valence-electron chi connectivity index (χ2n) is 5.23. The highest BCUT2D eigenvalue weighted by atomic mass is 16.2. The molecule has 0 aliphatic carbocycles. The summed E-state index contributed by atoms with van der Waals surface area (Å²) in [6.45, 7) is 3.79. The van der Waals surface area contributed by atoms with Gasteiger partial charge in [-0.1, -0.05) is 17.7 Å². The standard InChI is InChI=1S/C15H15N5O2/c1-9-3-4-12(10(2)5-9)20-14-11(6-18-20)15(22)19(8-17-14)7-13(16)21/h3-6,8H,7H2,1-2H3,(H2,16,21). The van der Waals surface area contributed by atoms with Gasteiger partial charge in [0.1, 0.15) is 18.3 Å². The van der Waals surface area contributed by atoms with Gasteiger partial charge in [0.25, 0.3) is 5.56 Å². The zero-order valence-electron chi connectivity index (χ0n) is 12.3. The number of nitrogens with two attached hydrogens (primary N) is 1. The Morgan fingerprint density at radius 1 is 1.32 bits per heavy atom. The van der Waals surface area contributed by atoms with Gasteiger partial charge >= 0.3 is 0 Å². The van der Waals surface area contributed by atoms with Crippen molar-refractivity contribution in [2.24, 2.45) is 5.73 Å². The first-order valence-electron chi connectivity index (χ1n) is 6.76. The number of aryl methyl sites for hydroxylation is 2. The molecule has 3 rings (SSSR count). The lowest BCUT2D eigenvalue weighted by Crippen LogP contribution is -2.28. The Bertz CT molecular complexity index is 939. The summed E-state index contributed by atoms with van der Waals surface area (Å²) in [5, 5.41) is 4.61. The Labute approximate surface area is 126 Å². The maximum absolute atomic E-state index is 12.3. The van der Waals surface area contributed by atoms with Crippen molar-refractivity contribution in [3.63, 3.8) is 0 Å². The van der Waals surface area contributed by atoms with E-state index in [1.165, 1.54) is 17.1 Å². The van der Waals surface area contributed by atoms with Crippen LogP contribution in [-0.4, -0.2) is 25.2 Å². The quantitative estimate of drug-likeness (QED) is 0.769. The normalized spacial score (nSPS) is 11.0. The minimum absolute atomic E-state index is 0.198. The average Bonchev–Trinajstić information content (AvgIpc) is 2.86. The molecule has 3 aromatic rings. The fraction of sp³-hybridized carbons (Fsp3) is 0.200. The fourth-order valence-corrected chi connectivity index (χ4v) is 2.45. The van der Waals surface area contributed by atoms with E-state index in [9.17, 15) is 9.59 Å². The smallest absolute Gasteiger partial charge is 0.264 e. The van der Waals surface area contributed by atoms with Gasteiger partial charge in [-0.05, 0) is 25.5 Å². The third kappa shape index (κ3) is 2.26. The second-order valence-corrected chi connectivity index (χ2v) is 5.23. The maximum atomic E-state index is 12.3. The predicted molar refractivity (Wildman–Crippen MR) is 81.8 cm³/mol. The zero-order chi connectivity index (χ0) is 15.9. The Morgan fingerprint density at radius 3 is 2.77 bits per heavy atom. The largest absolute Gasteiger partial charge is 0.368 e. The van der Waals surface area contributed by atoms with Crippen LogP contribution in [0.4, 0.5) is 0 Å². The van der Waals surface area contributed by atoms with Gasteiger partial charge < -0.3 is 5.73 Å². The van der Waals surface area contributed by atoms with E-state index in [0.717, 1.165) is 16.8 Å². The monoisotopic (exact) mass is 297 g/mol. The number of primary amides is 1. The van der Waals surface area contributed by atoms with Crippen molar-refractivity contribution < 1.29 is 4.79 Å². The number of amides is 1. The minimum Gasteiger partial charge on any atom is -0.368 e. The summed E-state index contributed by atoms with van der Waals surface area (Å²) in [6.07, 6.45) is 2.78. The van der Waals surface area contributed by atoms with Crippen LogP contribution in [0.15, 0.2) is 35.5 Å². The van der Waals surface area contributed by atoms with E-state index >= 15 is 0 Å². The Hall–Kier alpha value is -2.96. The molecule has 0 aliphatic heterocycles. The van der Waals surface area contributed by atoms with Crippen molar-refractivity contribution in [2.75, 3.05) is 0 Å². The third-order valence-corrected chi connectivity index (χ3v) is 3.46. The molecule has 7 heteroatoms. The molecule has 2 heterocycles. The lowest BCUT2D eigenvalue weighted by molar-refractivity contribution is -0.118. The summed E-state index contributed by atoms with van der Waals surface area (Å²) in [6, 6.07) is 5.95. The molecule has 0 fully saturated rings. The van der Waals surface area contributed by atoms with Crippen molar-refractivity contribution in [3.05, 3.63) is 52.2 Å². The van der Waals surface area contributed by atoms with E-state index in [4.69, 9.17) is 5.73 Å². The van der Waals surface area contributed by atoms with E-state index in [0.29, 0.717) is 11.0 Å². The van der Waals surface area contributed by atoms with E-state index < -0.39 is 5.91 Å². The SMILES string of the molecule is Cc1ccc(-n2ncc3c(=O)n(CC(N)=O)cnc32)c(C)c1. The molecular formula is C15H15N5O2. The Kier molecular flexibility index (Phi) is 3.25. The van der Waals surface area contributed by atoms with Crippen molar-refractivity contribution in [3.8, 4) is 5.69 Å². The summed E-state index contributed by atoms with van der Waals surface area (Å²) >= 11 is 0. The van der Waals surface area contributed by atoms with Crippen molar-refractivity contribution in [1.29, 1.82) is 0 Å². The van der Waals surface area contributed by atoms with Crippen LogP contribution in [0.5, 0.6) is 0 Å². The summed E-state index contributed by atoms with van der Waals surface area (Å²) in [5.41, 5.74) is 8.29. The molecule has 0 radical (unpaired) electrons. The molecule has 7 nitrogen and oxygen atoms in total. The predicted octanol–water partition coefficient (Wildman–Crippen LogP) is 0.684. The molecule has 0 saturated heterocycles. The number of rotatable bonds is 3. The summed E-state index contributed by atoms with van der Waals surface area (Å²) in [4.78, 5) is 27.5. The molecule has 0 saturated carbocycles. The molecule has 22 heavy (non-hydrogen) atoms. The molecule has 0 bridgehead atoms. The van der Waals surface area contributed by atoms with Crippen molar-refractivity contribution in [1.82, 2.24) is 19.3 Å². The lowest BCUT2D eigenvalue weighted by Gasteiger charge is -2.08. The Morgan fingerprint density at radius 2 is 2.09 bits per heavy atom. The second kappa shape index (κ2) is 5.10. The summed E-state index contributed by atoms with van der Waals surface area (Å²) in [5.74, 6) is -0.593. The number of carbonyl (C=O) groups is 1. The van der Waals surface area contributed by atoms with E-state index in [1.807, 2.05) is 32.0 Å². The topological polar surface area (TPSA) is 95.8 Å². The zero-order valence-corrected chi connectivity index (χ0v) is 12.3. The van der Waals surface area contributed by atoms with Crippen LogP contribution < -0.4 is 11.3 Å². The van der Waals surface area contributed by atoms with Gasteiger partial charge in [-0.2, -0.15) is 5.10 Å². The Balaban J connectivity index is 2.19. The van der Waals surface area contributed by atoms with Gasteiger partial charge in [-0.25, -0.2) is 9.67 Å². The highest BCUT2D eigenvalue weighted by Crippen LogP contribution is 2.18. The van der Waals surface area contributed by atoms with Crippen LogP contribution in [0, 0.1) is 13.8 Å². The number of hydrogen-bond donors (Lipinski definition) is 1. The van der Waals surface area contributed by atoms with Gasteiger partial charge in [0.2, 0.25) is 5.91 Å². The number of nitrogens with zero attached hydrogens (tertiary/aromatic N) is 4. The summed E-state index contributed by atoms with van der Waals surface area (Å²) < 4.78 is 2.80.